The lowest BCUT2D eigenvalue weighted by Gasteiger charge is -2.00. The molecule has 6 heteroatoms. The molecule has 0 spiro atoms. The van der Waals surface area contributed by atoms with Gasteiger partial charge in [-0.05, 0) is 24.3 Å². The van der Waals surface area contributed by atoms with Crippen LogP contribution in [0.25, 0.3) is 10.9 Å². The van der Waals surface area contributed by atoms with Crippen LogP contribution in [0.15, 0.2) is 35.4 Å². The van der Waals surface area contributed by atoms with Crippen LogP contribution >= 0.6 is 10.7 Å². The van der Waals surface area contributed by atoms with Crippen LogP contribution in [0.3, 0.4) is 0 Å². The molecule has 84 valence electrons. The Morgan fingerprint density at radius 2 is 2.00 bits per heavy atom. The number of nitrogens with zero attached hydrogens (tertiary/aromatic N) is 1. The normalized spacial score (nSPS) is 11.9. The second kappa shape index (κ2) is 3.61. The van der Waals surface area contributed by atoms with Crippen molar-refractivity contribution in [3.8, 4) is 0 Å². The topological polar surface area (TPSA) is 56.1 Å². The second-order valence-corrected chi connectivity index (χ2v) is 5.93. The van der Waals surface area contributed by atoms with Gasteiger partial charge in [0, 0.05) is 29.2 Å². The van der Waals surface area contributed by atoms with Crippen molar-refractivity contribution >= 4 is 36.5 Å². The van der Waals surface area contributed by atoms with Crippen molar-refractivity contribution in [1.29, 1.82) is 0 Å². The number of benzene rings is 1. The quantitative estimate of drug-likeness (QED) is 0.736. The van der Waals surface area contributed by atoms with Crippen LogP contribution in [-0.4, -0.2) is 18.9 Å². The van der Waals surface area contributed by atoms with Gasteiger partial charge in [0.05, 0.1) is 10.4 Å². The lowest BCUT2D eigenvalue weighted by Crippen LogP contribution is -2.02. The van der Waals surface area contributed by atoms with Crippen molar-refractivity contribution in [2.45, 2.75) is 11.8 Å². The summed E-state index contributed by atoms with van der Waals surface area (Å²) in [4.78, 5) is 11.3. The van der Waals surface area contributed by atoms with Crippen LogP contribution in [0, 0.1) is 0 Å². The van der Waals surface area contributed by atoms with Gasteiger partial charge in [0.25, 0.3) is 9.05 Å². The Bertz CT molecular complexity index is 672. The Labute approximate surface area is 96.9 Å². The van der Waals surface area contributed by atoms with Gasteiger partial charge in [0.15, 0.2) is 0 Å². The second-order valence-electron chi connectivity index (χ2n) is 3.36. The average Bonchev–Trinajstić information content (AvgIpc) is 2.58. The standard InChI is InChI=1S/C10H8ClNO3S/c1-7(13)12-5-4-8-6-9(16(11,14)15)2-3-10(8)12/h2-6H,1H3. The summed E-state index contributed by atoms with van der Waals surface area (Å²) >= 11 is 0. The van der Waals surface area contributed by atoms with Gasteiger partial charge in [0.1, 0.15) is 0 Å². The Balaban J connectivity index is 2.71. The molecule has 0 amide bonds. The maximum Gasteiger partial charge on any atom is 0.261 e. The van der Waals surface area contributed by atoms with E-state index >= 15 is 0 Å². The third-order valence-electron chi connectivity index (χ3n) is 2.28. The van der Waals surface area contributed by atoms with Gasteiger partial charge >= 0.3 is 0 Å². The molecular weight excluding hydrogens is 250 g/mol. The summed E-state index contributed by atoms with van der Waals surface area (Å²) in [6.45, 7) is 1.44. The predicted octanol–water partition coefficient (Wildman–Crippen LogP) is 2.23. The molecule has 4 nitrogen and oxygen atoms in total. The highest BCUT2D eigenvalue weighted by molar-refractivity contribution is 8.13. The number of hydrogen-bond acceptors (Lipinski definition) is 3. The van der Waals surface area contributed by atoms with Crippen LogP contribution in [0.1, 0.15) is 11.7 Å². The monoisotopic (exact) mass is 257 g/mol. The summed E-state index contributed by atoms with van der Waals surface area (Å²) in [7, 11) is 1.50. The lowest BCUT2D eigenvalue weighted by molar-refractivity contribution is 0.0941. The largest absolute Gasteiger partial charge is 0.287 e. The van der Waals surface area contributed by atoms with E-state index < -0.39 is 9.05 Å². The van der Waals surface area contributed by atoms with E-state index in [0.29, 0.717) is 10.9 Å². The SMILES string of the molecule is CC(=O)n1ccc2cc(S(=O)(=O)Cl)ccc21. The molecule has 16 heavy (non-hydrogen) atoms. The van der Waals surface area contributed by atoms with E-state index in [0.717, 1.165) is 0 Å². The first-order valence-corrected chi connectivity index (χ1v) is 6.77. The van der Waals surface area contributed by atoms with Gasteiger partial charge in [0.2, 0.25) is 5.91 Å². The molecule has 0 aliphatic heterocycles. The minimum atomic E-state index is -3.73. The van der Waals surface area contributed by atoms with Gasteiger partial charge < -0.3 is 0 Å². The molecule has 0 saturated carbocycles. The van der Waals surface area contributed by atoms with Gasteiger partial charge in [-0.1, -0.05) is 0 Å². The Kier molecular flexibility index (Phi) is 2.52. The predicted molar refractivity (Wildman–Crippen MR) is 61.3 cm³/mol. The van der Waals surface area contributed by atoms with E-state index in [2.05, 4.69) is 0 Å². The van der Waals surface area contributed by atoms with Gasteiger partial charge in [-0.15, -0.1) is 0 Å². The van der Waals surface area contributed by atoms with E-state index in [4.69, 9.17) is 10.7 Å². The van der Waals surface area contributed by atoms with Crippen molar-refractivity contribution in [3.05, 3.63) is 30.5 Å². The maximum absolute atomic E-state index is 11.2. The molecule has 0 radical (unpaired) electrons. The highest BCUT2D eigenvalue weighted by Gasteiger charge is 2.12. The molecule has 1 aromatic heterocycles. The molecule has 0 unspecified atom stereocenters. The highest BCUT2D eigenvalue weighted by Crippen LogP contribution is 2.22. The van der Waals surface area contributed by atoms with Crippen molar-refractivity contribution in [2.75, 3.05) is 0 Å². The lowest BCUT2D eigenvalue weighted by atomic mass is 10.2. The summed E-state index contributed by atoms with van der Waals surface area (Å²) < 4.78 is 23.7. The molecule has 0 saturated heterocycles. The summed E-state index contributed by atoms with van der Waals surface area (Å²) in [5.41, 5.74) is 0.663. The van der Waals surface area contributed by atoms with E-state index in [9.17, 15) is 13.2 Å². The molecule has 0 atom stereocenters. The van der Waals surface area contributed by atoms with Crippen LogP contribution < -0.4 is 0 Å². The molecule has 0 N–H and O–H groups in total. The van der Waals surface area contributed by atoms with Crippen LogP contribution in [0.5, 0.6) is 0 Å². The zero-order valence-electron chi connectivity index (χ0n) is 8.34. The molecular formula is C10H8ClNO3S. The zero-order chi connectivity index (χ0) is 11.9. The first kappa shape index (κ1) is 11.2. The molecule has 0 aliphatic rings. The fourth-order valence-electron chi connectivity index (χ4n) is 1.55. The van der Waals surface area contributed by atoms with Gasteiger partial charge in [-0.25, -0.2) is 8.42 Å². The molecule has 0 fully saturated rings. The molecule has 1 aromatic carbocycles. The first-order chi connectivity index (χ1) is 7.39. The number of hydrogen-bond donors (Lipinski definition) is 0. The number of rotatable bonds is 1. The highest BCUT2D eigenvalue weighted by atomic mass is 35.7. The van der Waals surface area contributed by atoms with Crippen molar-refractivity contribution in [2.24, 2.45) is 0 Å². The molecule has 0 bridgehead atoms. The van der Waals surface area contributed by atoms with E-state index in [1.54, 1.807) is 18.3 Å². The number of aromatic nitrogens is 1. The number of carbonyl (C=O) groups excluding carboxylic acids is 1. The van der Waals surface area contributed by atoms with Gasteiger partial charge in [-0.2, -0.15) is 0 Å². The third kappa shape index (κ3) is 1.83. The van der Waals surface area contributed by atoms with Gasteiger partial charge in [-0.3, -0.25) is 9.36 Å². The minimum Gasteiger partial charge on any atom is -0.287 e. The van der Waals surface area contributed by atoms with Crippen LogP contribution in [0.4, 0.5) is 0 Å². The average molecular weight is 258 g/mol. The smallest absolute Gasteiger partial charge is 0.261 e. The van der Waals surface area contributed by atoms with Crippen LogP contribution in [0.2, 0.25) is 0 Å². The summed E-state index contributed by atoms with van der Waals surface area (Å²) in [6, 6.07) is 6.05. The van der Waals surface area contributed by atoms with E-state index in [1.807, 2.05) is 0 Å². The Hall–Kier alpha value is -1.33. The van der Waals surface area contributed by atoms with Crippen molar-refractivity contribution in [3.63, 3.8) is 0 Å². The first-order valence-electron chi connectivity index (χ1n) is 4.46. The molecule has 2 rings (SSSR count). The maximum atomic E-state index is 11.2. The number of fused-ring (bicyclic) bond motifs is 1. The number of halogens is 1. The fourth-order valence-corrected chi connectivity index (χ4v) is 2.33. The van der Waals surface area contributed by atoms with Crippen molar-refractivity contribution < 1.29 is 13.2 Å². The van der Waals surface area contributed by atoms with E-state index in [1.165, 1.54) is 23.6 Å². The number of carbonyl (C=O) groups is 1. The van der Waals surface area contributed by atoms with E-state index in [-0.39, 0.29) is 10.8 Å². The van der Waals surface area contributed by atoms with Crippen LogP contribution in [-0.2, 0) is 9.05 Å². The fraction of sp³-hybridized carbons (Fsp3) is 0.100. The summed E-state index contributed by atoms with van der Waals surface area (Å²) in [5, 5.41) is 0.664. The molecule has 1 heterocycles. The third-order valence-corrected chi connectivity index (χ3v) is 3.63. The Morgan fingerprint density at radius 3 is 2.56 bits per heavy atom. The molecule has 2 aromatic rings. The summed E-state index contributed by atoms with van der Waals surface area (Å²) in [5.74, 6) is -0.128. The van der Waals surface area contributed by atoms with Crippen molar-refractivity contribution in [1.82, 2.24) is 4.57 Å². The minimum absolute atomic E-state index is 0.0305. The summed E-state index contributed by atoms with van der Waals surface area (Å²) in [6.07, 6.45) is 1.59. The Morgan fingerprint density at radius 1 is 1.31 bits per heavy atom. The zero-order valence-corrected chi connectivity index (χ0v) is 9.92. The molecule has 0 aliphatic carbocycles.